The van der Waals surface area contributed by atoms with Crippen molar-refractivity contribution in [3.63, 3.8) is 0 Å². The van der Waals surface area contributed by atoms with Crippen LogP contribution in [0, 0.1) is 11.8 Å². The van der Waals surface area contributed by atoms with E-state index in [9.17, 15) is 9.59 Å². The maximum Gasteiger partial charge on any atom is 0.356 e. The lowest BCUT2D eigenvalue weighted by Crippen LogP contribution is -2.35. The quantitative estimate of drug-likeness (QED) is 0.378. The third-order valence-corrected chi connectivity index (χ3v) is 5.11. The number of ether oxygens (including phenoxy) is 1. The Kier molecular flexibility index (Phi) is 6.33. The van der Waals surface area contributed by atoms with Crippen LogP contribution in [0.3, 0.4) is 0 Å². The van der Waals surface area contributed by atoms with Gasteiger partial charge in [-0.3, -0.25) is 4.90 Å². The Morgan fingerprint density at radius 2 is 1.70 bits per heavy atom. The predicted molar refractivity (Wildman–Crippen MR) is 128 cm³/mol. The molecule has 0 aliphatic carbocycles. The number of nitrogens with two attached hydrogens (primary N) is 1. The molecule has 2 amide bonds. The molecule has 1 aromatic heterocycles. The molecule has 4 rings (SSSR count). The number of carbonyl (C=O) groups excluding carboxylic acids is 2. The third kappa shape index (κ3) is 5.00. The molecule has 162 valence electrons. The number of hydrogen-bond donors (Lipinski definition) is 1. The molecule has 0 fully saturated rings. The predicted octanol–water partition coefficient (Wildman–Crippen LogP) is 4.51. The van der Waals surface area contributed by atoms with Gasteiger partial charge in [-0.2, -0.15) is 0 Å². The highest BCUT2D eigenvalue weighted by atomic mass is 16.5. The van der Waals surface area contributed by atoms with Gasteiger partial charge in [-0.05, 0) is 46.7 Å². The number of carbonyl (C=O) groups is 2. The Hall–Kier alpha value is -4.63. The molecule has 2 N–H and O–H groups in total. The number of esters is 1. The summed E-state index contributed by atoms with van der Waals surface area (Å²) >= 11 is 0. The molecule has 6 nitrogen and oxygen atoms in total. The average Bonchev–Trinajstić information content (AvgIpc) is 2.86. The molecule has 3 aromatic carbocycles. The summed E-state index contributed by atoms with van der Waals surface area (Å²) in [5.74, 6) is 5.60. The molecule has 0 saturated carbocycles. The van der Waals surface area contributed by atoms with Crippen LogP contribution in [0.5, 0.6) is 0 Å². The molecule has 0 unspecified atom stereocenters. The number of fused-ring (bicyclic) bond motifs is 1. The highest BCUT2D eigenvalue weighted by molar-refractivity contribution is 5.92. The Balaban J connectivity index is 1.63. The monoisotopic (exact) mass is 435 g/mol. The fourth-order valence-corrected chi connectivity index (χ4v) is 3.45. The standard InChI is InChI=1S/C27H21N3O3/c1-33-26(31)24-15-12-19(17-29-24)10-14-22-7-4-5-9-25(22)30(27(28)32)18-20-11-13-21-6-2-3-8-23(21)16-20/h2-9,11-13,15-17H,18H2,1H3,(H2,28,32). The van der Waals surface area contributed by atoms with Crippen molar-refractivity contribution < 1.29 is 14.3 Å². The van der Waals surface area contributed by atoms with Crippen LogP contribution in [0.4, 0.5) is 10.5 Å². The number of rotatable bonds is 4. The smallest absolute Gasteiger partial charge is 0.356 e. The third-order valence-electron chi connectivity index (χ3n) is 5.11. The van der Waals surface area contributed by atoms with Crippen LogP contribution >= 0.6 is 0 Å². The highest BCUT2D eigenvalue weighted by Crippen LogP contribution is 2.23. The molecular formula is C27H21N3O3. The van der Waals surface area contributed by atoms with Crippen LogP contribution in [0.15, 0.2) is 85.1 Å². The molecule has 33 heavy (non-hydrogen) atoms. The van der Waals surface area contributed by atoms with Gasteiger partial charge < -0.3 is 10.5 Å². The van der Waals surface area contributed by atoms with Crippen LogP contribution in [-0.4, -0.2) is 24.1 Å². The van der Waals surface area contributed by atoms with E-state index in [2.05, 4.69) is 21.6 Å². The topological polar surface area (TPSA) is 85.5 Å². The van der Waals surface area contributed by atoms with E-state index in [-0.39, 0.29) is 5.69 Å². The molecule has 0 saturated heterocycles. The number of anilines is 1. The first-order valence-corrected chi connectivity index (χ1v) is 10.3. The minimum absolute atomic E-state index is 0.207. The number of benzene rings is 3. The lowest BCUT2D eigenvalue weighted by Gasteiger charge is -2.22. The van der Waals surface area contributed by atoms with Gasteiger partial charge in [-0.15, -0.1) is 0 Å². The lowest BCUT2D eigenvalue weighted by atomic mass is 10.1. The van der Waals surface area contributed by atoms with Gasteiger partial charge in [0.2, 0.25) is 0 Å². The molecule has 6 heteroatoms. The average molecular weight is 435 g/mol. The molecule has 1 heterocycles. The summed E-state index contributed by atoms with van der Waals surface area (Å²) in [6.45, 7) is 0.314. The van der Waals surface area contributed by atoms with Gasteiger partial charge in [-0.25, -0.2) is 14.6 Å². The summed E-state index contributed by atoms with van der Waals surface area (Å²) < 4.78 is 4.66. The first-order valence-electron chi connectivity index (χ1n) is 10.3. The summed E-state index contributed by atoms with van der Waals surface area (Å²) in [7, 11) is 1.30. The summed E-state index contributed by atoms with van der Waals surface area (Å²) in [4.78, 5) is 29.5. The van der Waals surface area contributed by atoms with E-state index in [1.165, 1.54) is 18.2 Å². The number of primary amides is 1. The Morgan fingerprint density at radius 3 is 2.42 bits per heavy atom. The van der Waals surface area contributed by atoms with Crippen LogP contribution in [0.25, 0.3) is 10.8 Å². The number of urea groups is 1. The summed E-state index contributed by atoms with van der Waals surface area (Å²) in [5.41, 5.74) is 8.80. The highest BCUT2D eigenvalue weighted by Gasteiger charge is 2.16. The van der Waals surface area contributed by atoms with Crippen molar-refractivity contribution in [2.45, 2.75) is 6.54 Å². The van der Waals surface area contributed by atoms with Crippen LogP contribution in [0.1, 0.15) is 27.2 Å². The van der Waals surface area contributed by atoms with Crippen LogP contribution in [-0.2, 0) is 11.3 Å². The number of para-hydroxylation sites is 1. The maximum atomic E-state index is 12.4. The molecule has 0 spiro atoms. The second kappa shape index (κ2) is 9.67. The van der Waals surface area contributed by atoms with Gasteiger partial charge in [0.25, 0.3) is 0 Å². The maximum absolute atomic E-state index is 12.4. The summed E-state index contributed by atoms with van der Waals surface area (Å²) in [5, 5.41) is 2.22. The van der Waals surface area contributed by atoms with Gasteiger partial charge in [0, 0.05) is 17.3 Å². The fourth-order valence-electron chi connectivity index (χ4n) is 3.45. The Morgan fingerprint density at radius 1 is 0.939 bits per heavy atom. The first kappa shape index (κ1) is 21.6. The number of aromatic nitrogens is 1. The Bertz CT molecular complexity index is 1390. The van der Waals surface area contributed by atoms with E-state index < -0.39 is 12.0 Å². The van der Waals surface area contributed by atoms with Crippen molar-refractivity contribution in [2.24, 2.45) is 5.73 Å². The van der Waals surface area contributed by atoms with Crippen molar-refractivity contribution >= 4 is 28.5 Å². The lowest BCUT2D eigenvalue weighted by molar-refractivity contribution is 0.0594. The van der Waals surface area contributed by atoms with E-state index in [1.54, 1.807) is 12.1 Å². The van der Waals surface area contributed by atoms with Crippen LogP contribution < -0.4 is 10.6 Å². The number of methoxy groups -OCH3 is 1. The minimum Gasteiger partial charge on any atom is -0.464 e. The second-order valence-corrected chi connectivity index (χ2v) is 7.30. The normalized spacial score (nSPS) is 10.2. The van der Waals surface area contributed by atoms with E-state index in [1.807, 2.05) is 66.7 Å². The van der Waals surface area contributed by atoms with E-state index in [4.69, 9.17) is 5.73 Å². The van der Waals surface area contributed by atoms with Gasteiger partial charge >= 0.3 is 12.0 Å². The first-order chi connectivity index (χ1) is 16.0. The number of nitrogens with zero attached hydrogens (tertiary/aromatic N) is 2. The molecule has 0 aliphatic rings. The SMILES string of the molecule is COC(=O)c1ccc(C#Cc2ccccc2N(Cc2ccc3ccccc3c2)C(N)=O)cn1. The van der Waals surface area contributed by atoms with E-state index in [0.717, 1.165) is 16.3 Å². The van der Waals surface area contributed by atoms with Gasteiger partial charge in [0.1, 0.15) is 5.69 Å². The molecular weight excluding hydrogens is 414 g/mol. The zero-order valence-electron chi connectivity index (χ0n) is 18.0. The number of pyridine rings is 1. The van der Waals surface area contributed by atoms with Gasteiger partial charge in [-0.1, -0.05) is 60.4 Å². The molecule has 0 radical (unpaired) electrons. The number of amides is 2. The summed E-state index contributed by atoms with van der Waals surface area (Å²) in [6, 6.07) is 24.1. The van der Waals surface area contributed by atoms with Crippen LogP contribution in [0.2, 0.25) is 0 Å². The minimum atomic E-state index is -0.568. The van der Waals surface area contributed by atoms with Gasteiger partial charge in [0.15, 0.2) is 0 Å². The second-order valence-electron chi connectivity index (χ2n) is 7.30. The van der Waals surface area contributed by atoms with Crippen molar-refractivity contribution in [3.05, 3.63) is 107 Å². The zero-order chi connectivity index (χ0) is 23.2. The van der Waals surface area contributed by atoms with Gasteiger partial charge in [0.05, 0.1) is 19.3 Å². The Labute approximate surface area is 191 Å². The van der Waals surface area contributed by atoms with E-state index in [0.29, 0.717) is 23.4 Å². The van der Waals surface area contributed by atoms with Crippen molar-refractivity contribution in [2.75, 3.05) is 12.0 Å². The van der Waals surface area contributed by atoms with E-state index >= 15 is 0 Å². The van der Waals surface area contributed by atoms with Crippen molar-refractivity contribution in [1.29, 1.82) is 0 Å². The van der Waals surface area contributed by atoms with Crippen molar-refractivity contribution in [3.8, 4) is 11.8 Å². The zero-order valence-corrected chi connectivity index (χ0v) is 18.0. The molecule has 4 aromatic rings. The molecule has 0 atom stereocenters. The molecule has 0 bridgehead atoms. The summed E-state index contributed by atoms with van der Waals surface area (Å²) in [6.07, 6.45) is 1.50. The fraction of sp³-hybridized carbons (Fsp3) is 0.0741. The largest absolute Gasteiger partial charge is 0.464 e. The van der Waals surface area contributed by atoms with Crippen molar-refractivity contribution in [1.82, 2.24) is 4.98 Å². The number of hydrogen-bond acceptors (Lipinski definition) is 4. The molecule has 0 aliphatic heterocycles.